The molecule has 206 valence electrons. The Labute approximate surface area is 230 Å². The third kappa shape index (κ3) is 9.60. The molecule has 1 aliphatic heterocycles. The molecule has 3 atom stereocenters. The Bertz CT molecular complexity index is 1220. The van der Waals surface area contributed by atoms with E-state index in [9.17, 15) is 19.2 Å². The van der Waals surface area contributed by atoms with Gasteiger partial charge in [-0.1, -0.05) is 68.2 Å². The standard InChI is InChI=1S/C31H38N4O4/c1-21(2)28-31(39)33-22(3)29(37)32-20-25-16-11-15-23(18-25)12-7-4-5-10-17-27(36)34-26(30(38)35-28)19-24-13-8-6-9-14-24/h6,8-9,11,13-16,18,21-22,26,28H,4-5,10,17,19-20H2,1-3H3,(H,32,37)(H,33,39)(H,34,36)(H,35,38)/t22-,26?,28?/m0/s1. The fourth-order valence-corrected chi connectivity index (χ4v) is 4.25. The van der Waals surface area contributed by atoms with Crippen LogP contribution in [0.15, 0.2) is 54.6 Å². The number of carbonyl (C=O) groups is 4. The van der Waals surface area contributed by atoms with Gasteiger partial charge in [-0.3, -0.25) is 19.2 Å². The third-order valence-electron chi connectivity index (χ3n) is 6.52. The third-order valence-corrected chi connectivity index (χ3v) is 6.52. The van der Waals surface area contributed by atoms with E-state index in [-0.39, 0.29) is 30.6 Å². The quantitative estimate of drug-likeness (QED) is 0.457. The molecular weight excluding hydrogens is 492 g/mol. The van der Waals surface area contributed by atoms with Crippen molar-refractivity contribution in [3.05, 3.63) is 71.3 Å². The summed E-state index contributed by atoms with van der Waals surface area (Å²) in [5.41, 5.74) is 2.63. The first kappa shape index (κ1) is 29.4. The van der Waals surface area contributed by atoms with Gasteiger partial charge in [0, 0.05) is 31.4 Å². The maximum atomic E-state index is 13.4. The fourth-order valence-electron chi connectivity index (χ4n) is 4.25. The zero-order valence-corrected chi connectivity index (χ0v) is 22.9. The molecule has 4 amide bonds. The van der Waals surface area contributed by atoms with Gasteiger partial charge in [-0.25, -0.2) is 0 Å². The molecular formula is C31H38N4O4. The molecule has 0 radical (unpaired) electrons. The van der Waals surface area contributed by atoms with Gasteiger partial charge in [0.25, 0.3) is 0 Å². The van der Waals surface area contributed by atoms with Crippen LogP contribution in [0.4, 0.5) is 0 Å². The second kappa shape index (κ2) is 14.7. The smallest absolute Gasteiger partial charge is 0.243 e. The normalized spacial score (nSPS) is 21.8. The number of hydrogen-bond donors (Lipinski definition) is 4. The van der Waals surface area contributed by atoms with Gasteiger partial charge in [0.15, 0.2) is 0 Å². The Morgan fingerprint density at radius 1 is 0.872 bits per heavy atom. The van der Waals surface area contributed by atoms with E-state index in [0.29, 0.717) is 19.4 Å². The van der Waals surface area contributed by atoms with E-state index in [1.165, 1.54) is 0 Å². The van der Waals surface area contributed by atoms with Crippen molar-refractivity contribution in [3.8, 4) is 11.8 Å². The highest BCUT2D eigenvalue weighted by Crippen LogP contribution is 2.09. The summed E-state index contributed by atoms with van der Waals surface area (Å²) in [6.45, 7) is 5.53. The number of rotatable bonds is 3. The first-order chi connectivity index (χ1) is 18.7. The SMILES string of the molecule is CC(C)C1NC(=O)C(Cc2ccccc2)NC(=O)CCCCC#Cc2cccc(c2)CNC(=O)[C@H](C)NC1=O. The molecule has 0 fully saturated rings. The molecule has 0 aliphatic carbocycles. The molecule has 2 aromatic carbocycles. The average molecular weight is 531 g/mol. The van der Waals surface area contributed by atoms with Crippen LogP contribution >= 0.6 is 0 Å². The minimum atomic E-state index is -0.883. The van der Waals surface area contributed by atoms with Gasteiger partial charge in [0.2, 0.25) is 23.6 Å². The Morgan fingerprint density at radius 2 is 1.64 bits per heavy atom. The van der Waals surface area contributed by atoms with E-state index in [1.807, 2.05) is 68.4 Å². The van der Waals surface area contributed by atoms with Crippen molar-refractivity contribution in [2.45, 2.75) is 77.5 Å². The highest BCUT2D eigenvalue weighted by molar-refractivity contribution is 5.94. The van der Waals surface area contributed by atoms with Crippen molar-refractivity contribution >= 4 is 23.6 Å². The first-order valence-electron chi connectivity index (χ1n) is 13.5. The van der Waals surface area contributed by atoms with Gasteiger partial charge in [-0.2, -0.15) is 0 Å². The minimum absolute atomic E-state index is 0.228. The molecule has 1 aliphatic rings. The van der Waals surface area contributed by atoms with Crippen LogP contribution in [0.3, 0.4) is 0 Å². The van der Waals surface area contributed by atoms with E-state index >= 15 is 0 Å². The summed E-state index contributed by atoms with van der Waals surface area (Å²) in [5.74, 6) is 4.55. The lowest BCUT2D eigenvalue weighted by atomic mass is 10.0. The molecule has 8 heteroatoms. The maximum absolute atomic E-state index is 13.4. The van der Waals surface area contributed by atoms with Crippen LogP contribution in [0.25, 0.3) is 0 Å². The fraction of sp³-hybridized carbons (Fsp3) is 0.419. The Morgan fingerprint density at radius 3 is 2.38 bits per heavy atom. The topological polar surface area (TPSA) is 116 Å². The highest BCUT2D eigenvalue weighted by Gasteiger charge is 2.30. The van der Waals surface area contributed by atoms with E-state index in [4.69, 9.17) is 0 Å². The molecule has 2 aromatic rings. The number of carbonyl (C=O) groups excluding carboxylic acids is 4. The second-order valence-corrected chi connectivity index (χ2v) is 10.2. The van der Waals surface area contributed by atoms with E-state index < -0.39 is 29.9 Å². The Balaban J connectivity index is 1.82. The van der Waals surface area contributed by atoms with Crippen LogP contribution in [0, 0.1) is 17.8 Å². The van der Waals surface area contributed by atoms with Gasteiger partial charge in [0.05, 0.1) is 0 Å². The van der Waals surface area contributed by atoms with Crippen molar-refractivity contribution in [3.63, 3.8) is 0 Å². The molecule has 2 bridgehead atoms. The van der Waals surface area contributed by atoms with Gasteiger partial charge in [0.1, 0.15) is 18.1 Å². The summed E-state index contributed by atoms with van der Waals surface area (Å²) < 4.78 is 0. The number of fused-ring (bicyclic) bond motifs is 2. The number of amides is 4. The molecule has 4 N–H and O–H groups in total. The second-order valence-electron chi connectivity index (χ2n) is 10.2. The monoisotopic (exact) mass is 530 g/mol. The summed E-state index contributed by atoms with van der Waals surface area (Å²) in [5, 5.41) is 11.2. The zero-order valence-electron chi connectivity index (χ0n) is 22.9. The predicted octanol–water partition coefficient (Wildman–Crippen LogP) is 2.60. The van der Waals surface area contributed by atoms with Crippen LogP contribution < -0.4 is 21.3 Å². The summed E-state index contributed by atoms with van der Waals surface area (Å²) in [6.07, 6.45) is 2.59. The number of hydrogen-bond acceptors (Lipinski definition) is 4. The van der Waals surface area contributed by atoms with E-state index in [2.05, 4.69) is 33.1 Å². The largest absolute Gasteiger partial charge is 0.350 e. The lowest BCUT2D eigenvalue weighted by molar-refractivity contribution is -0.134. The summed E-state index contributed by atoms with van der Waals surface area (Å²) >= 11 is 0. The lowest BCUT2D eigenvalue weighted by Crippen LogP contribution is -2.58. The Hall–Kier alpha value is -4.12. The molecule has 2 unspecified atom stereocenters. The molecule has 3 rings (SSSR count). The minimum Gasteiger partial charge on any atom is -0.350 e. The van der Waals surface area contributed by atoms with Crippen molar-refractivity contribution in [2.75, 3.05) is 0 Å². The van der Waals surface area contributed by atoms with Gasteiger partial charge < -0.3 is 21.3 Å². The van der Waals surface area contributed by atoms with E-state index in [1.54, 1.807) is 6.92 Å². The molecule has 39 heavy (non-hydrogen) atoms. The molecule has 0 saturated heterocycles. The summed E-state index contributed by atoms with van der Waals surface area (Å²) in [7, 11) is 0. The van der Waals surface area contributed by atoms with E-state index in [0.717, 1.165) is 23.1 Å². The number of benzene rings is 2. The maximum Gasteiger partial charge on any atom is 0.243 e. The van der Waals surface area contributed by atoms with Crippen molar-refractivity contribution in [1.82, 2.24) is 21.3 Å². The average Bonchev–Trinajstić information content (AvgIpc) is 2.91. The van der Waals surface area contributed by atoms with Crippen LogP contribution in [0.5, 0.6) is 0 Å². The van der Waals surface area contributed by atoms with Crippen molar-refractivity contribution in [1.29, 1.82) is 0 Å². The van der Waals surface area contributed by atoms with Crippen molar-refractivity contribution in [2.24, 2.45) is 5.92 Å². The molecule has 0 spiro atoms. The van der Waals surface area contributed by atoms with Crippen LogP contribution in [-0.4, -0.2) is 41.8 Å². The molecule has 1 heterocycles. The van der Waals surface area contributed by atoms with Gasteiger partial charge >= 0.3 is 0 Å². The first-order valence-corrected chi connectivity index (χ1v) is 13.5. The van der Waals surface area contributed by atoms with Gasteiger partial charge in [-0.05, 0) is 48.9 Å². The molecule has 0 saturated carbocycles. The lowest BCUT2D eigenvalue weighted by Gasteiger charge is -2.26. The Kier molecular flexibility index (Phi) is 11.1. The van der Waals surface area contributed by atoms with Crippen LogP contribution in [-0.2, 0) is 32.1 Å². The summed E-state index contributed by atoms with van der Waals surface area (Å²) in [4.78, 5) is 52.0. The number of nitrogens with one attached hydrogen (secondary N) is 4. The van der Waals surface area contributed by atoms with Crippen molar-refractivity contribution < 1.29 is 19.2 Å². The molecule has 8 nitrogen and oxygen atoms in total. The highest BCUT2D eigenvalue weighted by atomic mass is 16.2. The van der Waals surface area contributed by atoms with Crippen LogP contribution in [0.2, 0.25) is 0 Å². The van der Waals surface area contributed by atoms with Gasteiger partial charge in [-0.15, -0.1) is 0 Å². The molecule has 0 aromatic heterocycles. The van der Waals surface area contributed by atoms with Crippen LogP contribution in [0.1, 0.15) is 63.1 Å². The zero-order chi connectivity index (χ0) is 28.2. The summed E-state index contributed by atoms with van der Waals surface area (Å²) in [6, 6.07) is 14.5. The predicted molar refractivity (Wildman–Crippen MR) is 150 cm³/mol.